The second-order valence-corrected chi connectivity index (χ2v) is 6.61. The molecule has 0 amide bonds. The van der Waals surface area contributed by atoms with E-state index in [0.29, 0.717) is 5.39 Å². The van der Waals surface area contributed by atoms with Gasteiger partial charge in [-0.1, -0.05) is 45.0 Å². The van der Waals surface area contributed by atoms with Crippen molar-refractivity contribution >= 4 is 27.5 Å². The molecule has 3 heterocycles. The Morgan fingerprint density at radius 1 is 1.05 bits per heavy atom. The number of rotatable bonds is 0. The lowest BCUT2D eigenvalue weighted by atomic mass is 9.91. The number of pyridine rings is 2. The molecule has 0 saturated carbocycles. The van der Waals surface area contributed by atoms with Gasteiger partial charge in [0, 0.05) is 28.6 Å². The smallest absolute Gasteiger partial charge is 0.147 e. The number of imidazole rings is 1. The third kappa shape index (κ3) is 1.73. The van der Waals surface area contributed by atoms with E-state index in [0.717, 1.165) is 27.8 Å². The van der Waals surface area contributed by atoms with Crippen molar-refractivity contribution < 1.29 is 4.39 Å². The third-order valence-corrected chi connectivity index (χ3v) is 3.98. The predicted molar refractivity (Wildman–Crippen MR) is 86.7 cm³/mol. The lowest BCUT2D eigenvalue weighted by Crippen LogP contribution is -2.14. The fraction of sp³-hybridized carbons (Fsp3) is 0.222. The quantitative estimate of drug-likeness (QED) is 0.479. The molecule has 3 nitrogen and oxygen atoms in total. The van der Waals surface area contributed by atoms with Crippen LogP contribution in [0.3, 0.4) is 0 Å². The Kier molecular flexibility index (Phi) is 2.55. The largest absolute Gasteiger partial charge is 0.294 e. The van der Waals surface area contributed by atoms with Gasteiger partial charge in [0.15, 0.2) is 0 Å². The van der Waals surface area contributed by atoms with Crippen molar-refractivity contribution in [2.24, 2.45) is 0 Å². The number of hydrogen-bond acceptors (Lipinski definition) is 2. The molecule has 4 rings (SSSR count). The Morgan fingerprint density at radius 2 is 1.77 bits per heavy atom. The van der Waals surface area contributed by atoms with Crippen molar-refractivity contribution in [2.45, 2.75) is 26.2 Å². The molecule has 0 aliphatic rings. The highest BCUT2D eigenvalue weighted by molar-refractivity contribution is 5.98. The summed E-state index contributed by atoms with van der Waals surface area (Å²) in [7, 11) is 0. The number of hydrogen-bond donors (Lipinski definition) is 0. The molecule has 0 fully saturated rings. The van der Waals surface area contributed by atoms with Crippen LogP contribution in [0.5, 0.6) is 0 Å². The van der Waals surface area contributed by atoms with Gasteiger partial charge in [0.1, 0.15) is 11.5 Å². The fourth-order valence-electron chi connectivity index (χ4n) is 2.98. The molecule has 0 aliphatic carbocycles. The maximum Gasteiger partial charge on any atom is 0.147 e. The molecule has 3 aromatic heterocycles. The van der Waals surface area contributed by atoms with Crippen molar-refractivity contribution in [3.8, 4) is 0 Å². The molecule has 1 aromatic carbocycles. The number of benzene rings is 1. The molecule has 0 radical (unpaired) electrons. The normalized spacial score (nSPS) is 12.5. The van der Waals surface area contributed by atoms with E-state index in [-0.39, 0.29) is 11.2 Å². The van der Waals surface area contributed by atoms with Gasteiger partial charge in [0.25, 0.3) is 0 Å². The molecule has 4 heteroatoms. The van der Waals surface area contributed by atoms with Crippen LogP contribution in [0.15, 0.2) is 42.7 Å². The molecule has 4 aromatic rings. The average Bonchev–Trinajstić information content (AvgIpc) is 2.85. The third-order valence-electron chi connectivity index (χ3n) is 3.98. The second kappa shape index (κ2) is 4.26. The van der Waals surface area contributed by atoms with Crippen molar-refractivity contribution in [1.29, 1.82) is 0 Å². The molecule has 0 bridgehead atoms. The summed E-state index contributed by atoms with van der Waals surface area (Å²) in [5.74, 6) is -0.244. The highest BCUT2D eigenvalue weighted by Crippen LogP contribution is 2.31. The summed E-state index contributed by atoms with van der Waals surface area (Å²) in [5.41, 5.74) is 3.28. The van der Waals surface area contributed by atoms with Gasteiger partial charge in [-0.15, -0.1) is 0 Å². The van der Waals surface area contributed by atoms with Crippen molar-refractivity contribution in [3.05, 3.63) is 54.2 Å². The first kappa shape index (κ1) is 13.2. The summed E-state index contributed by atoms with van der Waals surface area (Å²) in [5, 5.41) is 1.41. The number of fused-ring (bicyclic) bond motifs is 5. The van der Waals surface area contributed by atoms with Crippen LogP contribution < -0.4 is 0 Å². The Hall–Kier alpha value is -2.49. The first-order valence-electron chi connectivity index (χ1n) is 7.31. The molecule has 0 aliphatic heterocycles. The highest BCUT2D eigenvalue weighted by Gasteiger charge is 2.22. The van der Waals surface area contributed by atoms with Crippen molar-refractivity contribution in [3.63, 3.8) is 0 Å². The molecule has 0 atom stereocenters. The minimum atomic E-state index is -0.244. The summed E-state index contributed by atoms with van der Waals surface area (Å²) in [4.78, 5) is 9.24. The van der Waals surface area contributed by atoms with Crippen molar-refractivity contribution in [2.75, 3.05) is 0 Å². The van der Waals surface area contributed by atoms with E-state index in [4.69, 9.17) is 4.98 Å². The first-order chi connectivity index (χ1) is 10.5. The highest BCUT2D eigenvalue weighted by atomic mass is 19.1. The topological polar surface area (TPSA) is 30.2 Å². The molecular formula is C18H16FN3. The summed E-state index contributed by atoms with van der Waals surface area (Å²) < 4.78 is 16.3. The van der Waals surface area contributed by atoms with Crippen LogP contribution in [0.2, 0.25) is 0 Å². The lowest BCUT2D eigenvalue weighted by Gasteiger charge is -2.18. The number of aromatic nitrogens is 3. The van der Waals surface area contributed by atoms with Gasteiger partial charge >= 0.3 is 0 Å². The molecule has 0 saturated heterocycles. The maximum absolute atomic E-state index is 14.5. The van der Waals surface area contributed by atoms with E-state index in [1.54, 1.807) is 12.3 Å². The second-order valence-electron chi connectivity index (χ2n) is 6.61. The van der Waals surface area contributed by atoms with E-state index >= 15 is 0 Å². The monoisotopic (exact) mass is 293 g/mol. The van der Waals surface area contributed by atoms with E-state index in [1.807, 2.05) is 28.7 Å². The molecule has 0 spiro atoms. The van der Waals surface area contributed by atoms with Crippen LogP contribution in [0.4, 0.5) is 4.39 Å². The molecular weight excluding hydrogens is 277 g/mol. The number of nitrogens with zero attached hydrogens (tertiary/aromatic N) is 3. The molecule has 22 heavy (non-hydrogen) atoms. The van der Waals surface area contributed by atoms with Gasteiger partial charge in [-0.2, -0.15) is 0 Å². The van der Waals surface area contributed by atoms with Gasteiger partial charge in [-0.3, -0.25) is 9.38 Å². The standard InChI is InChI=1S/C18H16FN3/c1-18(2,3)16-15-14(8-9-20-16)21-17-12-7-5-4-6-11(12)13(19)10-22(15)17/h4-10H,1-3H3. The summed E-state index contributed by atoms with van der Waals surface area (Å²) in [6, 6.07) is 9.32. The number of halogens is 1. The average molecular weight is 293 g/mol. The Bertz CT molecular complexity index is 1030. The van der Waals surface area contributed by atoms with Crippen molar-refractivity contribution in [1.82, 2.24) is 14.4 Å². The van der Waals surface area contributed by atoms with Crippen LogP contribution in [-0.4, -0.2) is 14.4 Å². The van der Waals surface area contributed by atoms with Crippen LogP contribution in [0, 0.1) is 5.82 Å². The Morgan fingerprint density at radius 3 is 2.50 bits per heavy atom. The van der Waals surface area contributed by atoms with Gasteiger partial charge in [0.2, 0.25) is 0 Å². The summed E-state index contributed by atoms with van der Waals surface area (Å²) in [6.45, 7) is 6.31. The zero-order valence-corrected chi connectivity index (χ0v) is 12.8. The lowest BCUT2D eigenvalue weighted by molar-refractivity contribution is 0.573. The van der Waals surface area contributed by atoms with Gasteiger partial charge in [-0.25, -0.2) is 9.37 Å². The van der Waals surface area contributed by atoms with Gasteiger partial charge < -0.3 is 0 Å². The maximum atomic E-state index is 14.5. The fourth-order valence-corrected chi connectivity index (χ4v) is 2.98. The molecule has 110 valence electrons. The van der Waals surface area contributed by atoms with Crippen LogP contribution in [0.25, 0.3) is 27.5 Å². The SMILES string of the molecule is CC(C)(C)c1nccc2nc3c4ccccc4c(F)cn3c12. The Balaban J connectivity index is 2.28. The van der Waals surface area contributed by atoms with Crippen LogP contribution in [0.1, 0.15) is 26.5 Å². The summed E-state index contributed by atoms with van der Waals surface area (Å²) >= 11 is 0. The molecule has 0 N–H and O–H groups in total. The molecule has 0 unspecified atom stereocenters. The zero-order chi connectivity index (χ0) is 15.5. The predicted octanol–water partition coefficient (Wildman–Crippen LogP) is 4.47. The van der Waals surface area contributed by atoms with E-state index in [9.17, 15) is 4.39 Å². The van der Waals surface area contributed by atoms with E-state index < -0.39 is 0 Å². The van der Waals surface area contributed by atoms with Gasteiger partial charge in [-0.05, 0) is 6.07 Å². The summed E-state index contributed by atoms with van der Waals surface area (Å²) in [6.07, 6.45) is 3.29. The Labute approximate surface area is 127 Å². The zero-order valence-electron chi connectivity index (χ0n) is 12.8. The van der Waals surface area contributed by atoms with Crippen LogP contribution >= 0.6 is 0 Å². The minimum absolute atomic E-state index is 0.141. The minimum Gasteiger partial charge on any atom is -0.294 e. The van der Waals surface area contributed by atoms with Gasteiger partial charge in [0.05, 0.1) is 16.7 Å². The van der Waals surface area contributed by atoms with E-state index in [1.165, 1.54) is 6.20 Å². The van der Waals surface area contributed by atoms with E-state index in [2.05, 4.69) is 25.8 Å². The first-order valence-corrected chi connectivity index (χ1v) is 7.31. The van der Waals surface area contributed by atoms with Crippen LogP contribution in [-0.2, 0) is 5.41 Å².